The first-order valence-electron chi connectivity index (χ1n) is 9.19. The highest BCUT2D eigenvalue weighted by Gasteiger charge is 2.31. The molecule has 5 heteroatoms. The molecule has 3 heterocycles. The number of unbranched alkanes of at least 4 members (excludes halogenated alkanes) is 4. The molecule has 0 atom stereocenters. The molecule has 0 spiro atoms. The van der Waals surface area contributed by atoms with Crippen LogP contribution >= 0.6 is 0 Å². The smallest absolute Gasteiger partial charge is 0.197 e. The number of ketones is 2. The van der Waals surface area contributed by atoms with Gasteiger partial charge in [0.25, 0.3) is 0 Å². The summed E-state index contributed by atoms with van der Waals surface area (Å²) in [6.07, 6.45) is 12.8. The number of rotatable bonds is 8. The number of aryl methyl sites for hydroxylation is 1. The molecule has 0 bridgehead atoms. The van der Waals surface area contributed by atoms with Crippen molar-refractivity contribution in [3.05, 3.63) is 53.1 Å². The lowest BCUT2D eigenvalue weighted by molar-refractivity contribution is 0.0979. The molecule has 4 rings (SSSR count). The molecular formula is C20H23N3O2. The van der Waals surface area contributed by atoms with Crippen molar-refractivity contribution in [2.24, 2.45) is 0 Å². The van der Waals surface area contributed by atoms with Gasteiger partial charge in [-0.3, -0.25) is 14.6 Å². The Morgan fingerprint density at radius 1 is 0.800 bits per heavy atom. The van der Waals surface area contributed by atoms with E-state index in [4.69, 9.17) is 0 Å². The second kappa shape index (κ2) is 6.92. The van der Waals surface area contributed by atoms with Crippen molar-refractivity contribution in [2.45, 2.75) is 38.6 Å². The summed E-state index contributed by atoms with van der Waals surface area (Å²) in [5.74, 6) is -0.160. The second-order valence-corrected chi connectivity index (χ2v) is 7.01. The largest absolute Gasteiger partial charge is 0.353 e. The highest BCUT2D eigenvalue weighted by Crippen LogP contribution is 2.27. The van der Waals surface area contributed by atoms with E-state index < -0.39 is 0 Å². The monoisotopic (exact) mass is 337 g/mol. The molecule has 5 nitrogen and oxygen atoms in total. The fourth-order valence-electron chi connectivity index (χ4n) is 3.52. The number of carbonyl (C=O) groups is 2. The van der Waals surface area contributed by atoms with Crippen molar-refractivity contribution in [3.8, 4) is 0 Å². The molecule has 1 fully saturated rings. The SMILES string of the molecule is O=C1c2ccncc2C(=O)c2cn(CCCCCCCN3CC3)cc21. The van der Waals surface area contributed by atoms with Crippen LogP contribution in [0, 0.1) is 0 Å². The summed E-state index contributed by atoms with van der Waals surface area (Å²) < 4.78 is 2.00. The quantitative estimate of drug-likeness (QED) is 0.468. The molecule has 0 amide bonds. The van der Waals surface area contributed by atoms with Crippen LogP contribution in [0.5, 0.6) is 0 Å². The van der Waals surface area contributed by atoms with Crippen LogP contribution in [0.15, 0.2) is 30.9 Å². The van der Waals surface area contributed by atoms with Crippen molar-refractivity contribution >= 4 is 11.6 Å². The zero-order chi connectivity index (χ0) is 17.2. The first-order chi connectivity index (χ1) is 12.2. The van der Waals surface area contributed by atoms with E-state index in [1.165, 1.54) is 51.5 Å². The predicted molar refractivity (Wildman–Crippen MR) is 95.1 cm³/mol. The fraction of sp³-hybridized carbons (Fsp3) is 0.450. The van der Waals surface area contributed by atoms with Crippen molar-refractivity contribution in [2.75, 3.05) is 19.6 Å². The fourth-order valence-corrected chi connectivity index (χ4v) is 3.52. The van der Waals surface area contributed by atoms with E-state index in [-0.39, 0.29) is 11.6 Å². The van der Waals surface area contributed by atoms with Crippen LogP contribution < -0.4 is 0 Å². The van der Waals surface area contributed by atoms with Crippen LogP contribution in [-0.4, -0.2) is 45.7 Å². The Morgan fingerprint density at radius 2 is 1.44 bits per heavy atom. The summed E-state index contributed by atoms with van der Waals surface area (Å²) in [5.41, 5.74) is 1.94. The Kier molecular flexibility index (Phi) is 4.49. The normalized spacial score (nSPS) is 16.0. The topological polar surface area (TPSA) is 55.0 Å². The van der Waals surface area contributed by atoms with Gasteiger partial charge in [0.05, 0.1) is 16.7 Å². The molecule has 0 saturated carbocycles. The molecule has 1 saturated heterocycles. The molecule has 1 aliphatic carbocycles. The summed E-state index contributed by atoms with van der Waals surface area (Å²) in [4.78, 5) is 31.6. The zero-order valence-electron chi connectivity index (χ0n) is 14.4. The lowest BCUT2D eigenvalue weighted by atomic mass is 9.88. The number of pyridine rings is 1. The zero-order valence-corrected chi connectivity index (χ0v) is 14.4. The van der Waals surface area contributed by atoms with Crippen LogP contribution in [0.3, 0.4) is 0 Å². The number of fused-ring (bicyclic) bond motifs is 2. The maximum atomic E-state index is 12.6. The molecule has 0 N–H and O–H groups in total. The number of nitrogens with zero attached hydrogens (tertiary/aromatic N) is 3. The van der Waals surface area contributed by atoms with Crippen LogP contribution in [-0.2, 0) is 6.54 Å². The number of hydrogen-bond acceptors (Lipinski definition) is 4. The Hall–Kier alpha value is -2.27. The first-order valence-corrected chi connectivity index (χ1v) is 9.19. The molecule has 0 radical (unpaired) electrons. The molecule has 2 aliphatic rings. The minimum atomic E-state index is -0.0912. The van der Waals surface area contributed by atoms with Gasteiger partial charge in [-0.25, -0.2) is 0 Å². The number of carbonyl (C=O) groups excluding carboxylic acids is 2. The summed E-state index contributed by atoms with van der Waals surface area (Å²) in [6.45, 7) is 4.68. The highest BCUT2D eigenvalue weighted by atomic mass is 16.1. The van der Waals surface area contributed by atoms with E-state index in [1.807, 2.05) is 17.0 Å². The lowest BCUT2D eigenvalue weighted by Gasteiger charge is -2.12. The molecule has 0 aromatic carbocycles. The van der Waals surface area contributed by atoms with E-state index in [0.717, 1.165) is 13.0 Å². The number of hydrogen-bond donors (Lipinski definition) is 0. The summed E-state index contributed by atoms with van der Waals surface area (Å²) >= 11 is 0. The highest BCUT2D eigenvalue weighted by molar-refractivity contribution is 6.28. The minimum Gasteiger partial charge on any atom is -0.353 e. The summed E-state index contributed by atoms with van der Waals surface area (Å²) in [7, 11) is 0. The third-order valence-corrected chi connectivity index (χ3v) is 5.11. The average Bonchev–Trinajstić information content (AvgIpc) is 3.36. The van der Waals surface area contributed by atoms with Gasteiger partial charge in [-0.05, 0) is 25.5 Å². The van der Waals surface area contributed by atoms with Crippen molar-refractivity contribution < 1.29 is 9.59 Å². The van der Waals surface area contributed by atoms with Gasteiger partial charge in [-0.2, -0.15) is 0 Å². The van der Waals surface area contributed by atoms with Crippen LogP contribution in [0.2, 0.25) is 0 Å². The van der Waals surface area contributed by atoms with Crippen LogP contribution in [0.25, 0.3) is 0 Å². The third-order valence-electron chi connectivity index (χ3n) is 5.11. The van der Waals surface area contributed by atoms with Crippen molar-refractivity contribution in [1.82, 2.24) is 14.5 Å². The molecule has 0 unspecified atom stereocenters. The Morgan fingerprint density at radius 3 is 2.16 bits per heavy atom. The number of aromatic nitrogens is 2. The molecular weight excluding hydrogens is 314 g/mol. The predicted octanol–water partition coefficient (Wildman–Crippen LogP) is 2.92. The molecule has 2 aromatic rings. The van der Waals surface area contributed by atoms with E-state index in [1.54, 1.807) is 12.3 Å². The van der Waals surface area contributed by atoms with Gasteiger partial charge in [0.15, 0.2) is 11.6 Å². The maximum absolute atomic E-state index is 12.6. The second-order valence-electron chi connectivity index (χ2n) is 7.01. The van der Waals surface area contributed by atoms with Crippen LogP contribution in [0.4, 0.5) is 0 Å². The standard InChI is InChI=1S/C20H23N3O2/c24-19-15-6-7-21-12-16(15)20(25)18-14-23(13-17(18)19)9-5-3-1-2-4-8-22-10-11-22/h6-7,12-14H,1-5,8-11H2. The average molecular weight is 337 g/mol. The van der Waals surface area contributed by atoms with E-state index >= 15 is 0 Å². The van der Waals surface area contributed by atoms with E-state index in [0.29, 0.717) is 22.3 Å². The van der Waals surface area contributed by atoms with Gasteiger partial charge < -0.3 is 9.47 Å². The van der Waals surface area contributed by atoms with E-state index in [9.17, 15) is 9.59 Å². The van der Waals surface area contributed by atoms with Gasteiger partial charge in [-0.1, -0.05) is 19.3 Å². The molecule has 1 aliphatic heterocycles. The van der Waals surface area contributed by atoms with Crippen molar-refractivity contribution in [1.29, 1.82) is 0 Å². The van der Waals surface area contributed by atoms with Gasteiger partial charge >= 0.3 is 0 Å². The Balaban J connectivity index is 1.32. The molecule has 2 aromatic heterocycles. The molecule has 25 heavy (non-hydrogen) atoms. The van der Waals surface area contributed by atoms with Gasteiger partial charge in [0, 0.05) is 50.0 Å². The Labute approximate surface area is 147 Å². The summed E-state index contributed by atoms with van der Waals surface area (Å²) in [5, 5.41) is 0. The lowest BCUT2D eigenvalue weighted by Crippen LogP contribution is -2.19. The van der Waals surface area contributed by atoms with Gasteiger partial charge in [0.2, 0.25) is 0 Å². The van der Waals surface area contributed by atoms with Gasteiger partial charge in [-0.15, -0.1) is 0 Å². The van der Waals surface area contributed by atoms with E-state index in [2.05, 4.69) is 9.88 Å². The van der Waals surface area contributed by atoms with Crippen LogP contribution in [0.1, 0.15) is 63.9 Å². The summed E-state index contributed by atoms with van der Waals surface area (Å²) in [6, 6.07) is 1.63. The van der Waals surface area contributed by atoms with Crippen molar-refractivity contribution in [3.63, 3.8) is 0 Å². The third kappa shape index (κ3) is 3.42. The van der Waals surface area contributed by atoms with Gasteiger partial charge in [0.1, 0.15) is 0 Å². The molecule has 130 valence electrons. The maximum Gasteiger partial charge on any atom is 0.197 e. The minimum absolute atomic E-state index is 0.0687. The Bertz CT molecular complexity index is 753. The first kappa shape index (κ1) is 16.2.